The first-order chi connectivity index (χ1) is 12.7. The zero-order chi connectivity index (χ0) is 18.4. The molecule has 1 aromatic rings. The molecule has 0 aromatic carbocycles. The molecule has 0 saturated carbocycles. The fourth-order valence-corrected chi connectivity index (χ4v) is 3.87. The molecule has 2 fully saturated rings. The average molecular weight is 398 g/mol. The number of aromatic nitrogens is 2. The van der Waals surface area contributed by atoms with E-state index in [1.54, 1.807) is 0 Å². The van der Waals surface area contributed by atoms with Gasteiger partial charge in [0.25, 0.3) is 5.91 Å². The molecule has 2 aliphatic rings. The number of hydrogen-bond donors (Lipinski definition) is 2. The molecule has 3 heterocycles. The van der Waals surface area contributed by atoms with Gasteiger partial charge < -0.3 is 15.5 Å². The Morgan fingerprint density at radius 3 is 2.93 bits per heavy atom. The van der Waals surface area contributed by atoms with Crippen molar-refractivity contribution in [3.05, 3.63) is 18.0 Å². The molecule has 2 unspecified atom stereocenters. The standard InChI is InChI=1S/C19H31N5O2.ClH/c1-2-5-18(25)21-12-15-6-4-10-23(14-15)19(26)17-8-11-24(22-17)16-7-3-9-20-13-16;/h8,11,15-16,20H,2-7,9-10,12-14H2,1H3,(H,21,25);1H. The van der Waals surface area contributed by atoms with E-state index in [0.717, 1.165) is 51.7 Å². The summed E-state index contributed by atoms with van der Waals surface area (Å²) in [5, 5.41) is 10.9. The average Bonchev–Trinajstić information content (AvgIpc) is 3.17. The van der Waals surface area contributed by atoms with Gasteiger partial charge in [-0.3, -0.25) is 14.3 Å². The third-order valence-electron chi connectivity index (χ3n) is 5.34. The van der Waals surface area contributed by atoms with Gasteiger partial charge in [0.2, 0.25) is 5.91 Å². The lowest BCUT2D eigenvalue weighted by atomic mass is 9.97. The van der Waals surface area contributed by atoms with Crippen LogP contribution in [0.2, 0.25) is 0 Å². The summed E-state index contributed by atoms with van der Waals surface area (Å²) in [6.45, 7) is 6.11. The fraction of sp³-hybridized carbons (Fsp3) is 0.737. The van der Waals surface area contributed by atoms with E-state index >= 15 is 0 Å². The lowest BCUT2D eigenvalue weighted by Crippen LogP contribution is -2.43. The van der Waals surface area contributed by atoms with Crippen LogP contribution in [0, 0.1) is 5.92 Å². The molecule has 0 radical (unpaired) electrons. The third kappa shape index (κ3) is 5.94. The van der Waals surface area contributed by atoms with Crippen LogP contribution >= 0.6 is 12.4 Å². The topological polar surface area (TPSA) is 79.3 Å². The van der Waals surface area contributed by atoms with Crippen LogP contribution in [-0.4, -0.2) is 59.2 Å². The summed E-state index contributed by atoms with van der Waals surface area (Å²) < 4.78 is 1.94. The normalized spacial score (nSPS) is 22.8. The molecule has 0 aliphatic carbocycles. The van der Waals surface area contributed by atoms with E-state index in [4.69, 9.17) is 0 Å². The van der Waals surface area contributed by atoms with Crippen LogP contribution in [-0.2, 0) is 4.79 Å². The summed E-state index contributed by atoms with van der Waals surface area (Å²) in [5.74, 6) is 0.450. The number of piperidine rings is 2. The molecule has 3 rings (SSSR count). The molecule has 1 aromatic heterocycles. The zero-order valence-corrected chi connectivity index (χ0v) is 17.0. The second kappa shape index (κ2) is 10.7. The van der Waals surface area contributed by atoms with E-state index in [2.05, 4.69) is 15.7 Å². The first-order valence-corrected chi connectivity index (χ1v) is 9.99. The van der Waals surface area contributed by atoms with E-state index in [0.29, 0.717) is 37.2 Å². The third-order valence-corrected chi connectivity index (χ3v) is 5.34. The Morgan fingerprint density at radius 1 is 1.33 bits per heavy atom. The van der Waals surface area contributed by atoms with Crippen molar-refractivity contribution in [2.75, 3.05) is 32.7 Å². The first-order valence-electron chi connectivity index (χ1n) is 9.99. The number of amides is 2. The molecule has 0 bridgehead atoms. The van der Waals surface area contributed by atoms with Gasteiger partial charge in [-0.1, -0.05) is 6.92 Å². The van der Waals surface area contributed by atoms with Gasteiger partial charge >= 0.3 is 0 Å². The predicted molar refractivity (Wildman–Crippen MR) is 107 cm³/mol. The quantitative estimate of drug-likeness (QED) is 0.769. The van der Waals surface area contributed by atoms with Crippen molar-refractivity contribution in [2.24, 2.45) is 5.92 Å². The van der Waals surface area contributed by atoms with Gasteiger partial charge in [0, 0.05) is 38.8 Å². The van der Waals surface area contributed by atoms with Crippen molar-refractivity contribution in [1.29, 1.82) is 0 Å². The molecule has 152 valence electrons. The number of nitrogens with zero attached hydrogens (tertiary/aromatic N) is 3. The number of rotatable bonds is 6. The summed E-state index contributed by atoms with van der Waals surface area (Å²) in [4.78, 5) is 26.4. The maximum absolute atomic E-state index is 12.8. The fourth-order valence-electron chi connectivity index (χ4n) is 3.87. The van der Waals surface area contributed by atoms with Gasteiger partial charge in [-0.05, 0) is 50.6 Å². The molecule has 0 spiro atoms. The van der Waals surface area contributed by atoms with Gasteiger partial charge in [0.1, 0.15) is 5.69 Å². The van der Waals surface area contributed by atoms with Crippen LogP contribution in [0.15, 0.2) is 12.3 Å². The minimum absolute atomic E-state index is 0. The molecule has 2 N–H and O–H groups in total. The van der Waals surface area contributed by atoms with Crippen LogP contribution in [0.3, 0.4) is 0 Å². The van der Waals surface area contributed by atoms with Crippen LogP contribution in [0.5, 0.6) is 0 Å². The highest BCUT2D eigenvalue weighted by Gasteiger charge is 2.26. The number of nitrogens with one attached hydrogen (secondary N) is 2. The number of likely N-dealkylation sites (tertiary alicyclic amines) is 1. The number of carbonyl (C=O) groups excluding carboxylic acids is 2. The molecule has 27 heavy (non-hydrogen) atoms. The first kappa shape index (κ1) is 21.7. The molecule has 2 aliphatic heterocycles. The van der Waals surface area contributed by atoms with E-state index in [9.17, 15) is 9.59 Å². The molecular weight excluding hydrogens is 366 g/mol. The van der Waals surface area contributed by atoms with Crippen LogP contribution in [0.1, 0.15) is 62.0 Å². The van der Waals surface area contributed by atoms with Crippen molar-refractivity contribution in [3.8, 4) is 0 Å². The maximum atomic E-state index is 12.8. The predicted octanol–water partition coefficient (Wildman–Crippen LogP) is 2.00. The Bertz CT molecular complexity index is 615. The SMILES string of the molecule is CCCC(=O)NCC1CCCN(C(=O)c2ccn(C3CCCNC3)n2)C1.Cl. The van der Waals surface area contributed by atoms with Crippen LogP contribution < -0.4 is 10.6 Å². The second-order valence-corrected chi connectivity index (χ2v) is 7.49. The second-order valence-electron chi connectivity index (χ2n) is 7.49. The minimum atomic E-state index is 0. The monoisotopic (exact) mass is 397 g/mol. The van der Waals surface area contributed by atoms with E-state index < -0.39 is 0 Å². The summed E-state index contributed by atoms with van der Waals surface area (Å²) >= 11 is 0. The summed E-state index contributed by atoms with van der Waals surface area (Å²) in [6.07, 6.45) is 7.64. The summed E-state index contributed by atoms with van der Waals surface area (Å²) in [6, 6.07) is 2.18. The van der Waals surface area contributed by atoms with Gasteiger partial charge in [-0.15, -0.1) is 12.4 Å². The highest BCUT2D eigenvalue weighted by molar-refractivity contribution is 5.92. The Labute approximate surface area is 167 Å². The van der Waals surface area contributed by atoms with Crippen molar-refractivity contribution < 1.29 is 9.59 Å². The molecule has 7 nitrogen and oxygen atoms in total. The highest BCUT2D eigenvalue weighted by Crippen LogP contribution is 2.19. The molecule has 2 atom stereocenters. The number of hydrogen-bond acceptors (Lipinski definition) is 4. The maximum Gasteiger partial charge on any atom is 0.274 e. The van der Waals surface area contributed by atoms with Crippen molar-refractivity contribution in [2.45, 2.75) is 51.5 Å². The Balaban J connectivity index is 0.00000261. The van der Waals surface area contributed by atoms with E-state index in [1.807, 2.05) is 28.8 Å². The Hall–Kier alpha value is -1.60. The number of halogens is 1. The molecule has 8 heteroatoms. The van der Waals surface area contributed by atoms with Crippen LogP contribution in [0.25, 0.3) is 0 Å². The summed E-state index contributed by atoms with van der Waals surface area (Å²) in [7, 11) is 0. The van der Waals surface area contributed by atoms with Crippen molar-refractivity contribution in [3.63, 3.8) is 0 Å². The highest BCUT2D eigenvalue weighted by atomic mass is 35.5. The zero-order valence-electron chi connectivity index (χ0n) is 16.2. The Morgan fingerprint density at radius 2 is 2.19 bits per heavy atom. The lowest BCUT2D eigenvalue weighted by Gasteiger charge is -2.32. The van der Waals surface area contributed by atoms with E-state index in [1.165, 1.54) is 0 Å². The van der Waals surface area contributed by atoms with Gasteiger partial charge in [-0.25, -0.2) is 0 Å². The Kier molecular flexibility index (Phi) is 8.57. The number of carbonyl (C=O) groups is 2. The molecule has 2 saturated heterocycles. The largest absolute Gasteiger partial charge is 0.356 e. The van der Waals surface area contributed by atoms with Gasteiger partial charge in [-0.2, -0.15) is 5.10 Å². The van der Waals surface area contributed by atoms with Gasteiger partial charge in [0.05, 0.1) is 6.04 Å². The van der Waals surface area contributed by atoms with Crippen LogP contribution in [0.4, 0.5) is 0 Å². The molecular formula is C19H32ClN5O2. The summed E-state index contributed by atoms with van der Waals surface area (Å²) in [5.41, 5.74) is 0.534. The molecule has 2 amide bonds. The van der Waals surface area contributed by atoms with Crippen molar-refractivity contribution in [1.82, 2.24) is 25.3 Å². The van der Waals surface area contributed by atoms with Gasteiger partial charge in [0.15, 0.2) is 0 Å². The lowest BCUT2D eigenvalue weighted by molar-refractivity contribution is -0.121. The van der Waals surface area contributed by atoms with Crippen molar-refractivity contribution >= 4 is 24.2 Å². The smallest absolute Gasteiger partial charge is 0.274 e. The van der Waals surface area contributed by atoms with E-state index in [-0.39, 0.29) is 24.2 Å². The minimum Gasteiger partial charge on any atom is -0.356 e.